The van der Waals surface area contributed by atoms with Crippen molar-refractivity contribution in [1.29, 1.82) is 0 Å². The maximum Gasteiger partial charge on any atom is 0.326 e. The molecule has 1 rings (SSSR count). The van der Waals surface area contributed by atoms with Gasteiger partial charge in [-0.25, -0.2) is 0 Å². The molecular weight excluding hydrogens is 252 g/mol. The van der Waals surface area contributed by atoms with E-state index in [-0.39, 0.29) is 5.97 Å². The first kappa shape index (κ1) is 17.4. The molecule has 118 valence electrons. The fraction of sp³-hybridized carbons (Fsp3) is 0.938. The van der Waals surface area contributed by atoms with E-state index in [1.54, 1.807) is 0 Å². The maximum atomic E-state index is 12.2. The standard InChI is InChI=1S/C16H32N2O2/c1-6-10-17-16(15(19)20-5)9-8-14(11-16)18(4)12-13(3)7-2/h13-14,17H,6-12H2,1-5H3. The third-order valence-electron chi connectivity index (χ3n) is 4.70. The molecule has 1 aliphatic carbocycles. The van der Waals surface area contributed by atoms with Gasteiger partial charge in [0.1, 0.15) is 5.54 Å². The van der Waals surface area contributed by atoms with Crippen LogP contribution in [0.2, 0.25) is 0 Å². The number of methoxy groups -OCH3 is 1. The second-order valence-electron chi connectivity index (χ2n) is 6.35. The molecule has 3 atom stereocenters. The van der Waals surface area contributed by atoms with Gasteiger partial charge in [0.05, 0.1) is 7.11 Å². The molecule has 0 heterocycles. The topological polar surface area (TPSA) is 41.6 Å². The zero-order valence-electron chi connectivity index (χ0n) is 13.9. The average Bonchev–Trinajstić information content (AvgIpc) is 2.89. The molecule has 0 bridgehead atoms. The van der Waals surface area contributed by atoms with E-state index in [1.165, 1.54) is 13.5 Å². The van der Waals surface area contributed by atoms with Gasteiger partial charge in [-0.1, -0.05) is 27.2 Å². The lowest BCUT2D eigenvalue weighted by Crippen LogP contribution is -2.52. The molecule has 4 nitrogen and oxygen atoms in total. The van der Waals surface area contributed by atoms with Gasteiger partial charge < -0.3 is 15.0 Å². The van der Waals surface area contributed by atoms with E-state index in [9.17, 15) is 4.79 Å². The molecule has 0 saturated heterocycles. The van der Waals surface area contributed by atoms with Crippen LogP contribution in [0.3, 0.4) is 0 Å². The molecule has 0 amide bonds. The summed E-state index contributed by atoms with van der Waals surface area (Å²) in [7, 11) is 3.68. The Morgan fingerprint density at radius 1 is 1.50 bits per heavy atom. The lowest BCUT2D eigenvalue weighted by atomic mass is 9.96. The highest BCUT2D eigenvalue weighted by Crippen LogP contribution is 2.34. The summed E-state index contributed by atoms with van der Waals surface area (Å²) in [5.74, 6) is 0.613. The van der Waals surface area contributed by atoms with E-state index >= 15 is 0 Å². The minimum absolute atomic E-state index is 0.0922. The Bertz CT molecular complexity index is 309. The first-order valence-electron chi connectivity index (χ1n) is 8.02. The zero-order valence-corrected chi connectivity index (χ0v) is 13.9. The quantitative estimate of drug-likeness (QED) is 0.695. The normalized spacial score (nSPS) is 27.8. The van der Waals surface area contributed by atoms with Gasteiger partial charge in [0.2, 0.25) is 0 Å². The lowest BCUT2D eigenvalue weighted by molar-refractivity contribution is -0.148. The summed E-state index contributed by atoms with van der Waals surface area (Å²) in [5, 5.41) is 3.45. The summed E-state index contributed by atoms with van der Waals surface area (Å²) in [6, 6.07) is 0.479. The summed E-state index contributed by atoms with van der Waals surface area (Å²) in [6.45, 7) is 8.62. The monoisotopic (exact) mass is 284 g/mol. The Morgan fingerprint density at radius 2 is 2.20 bits per heavy atom. The van der Waals surface area contributed by atoms with E-state index in [0.717, 1.165) is 38.8 Å². The fourth-order valence-electron chi connectivity index (χ4n) is 3.14. The molecule has 0 aromatic carbocycles. The van der Waals surface area contributed by atoms with Crippen molar-refractivity contribution in [2.45, 2.75) is 64.5 Å². The number of rotatable bonds is 8. The van der Waals surface area contributed by atoms with E-state index in [1.807, 2.05) is 0 Å². The Balaban J connectivity index is 2.66. The number of esters is 1. The molecule has 0 aromatic heterocycles. The minimum Gasteiger partial charge on any atom is -0.468 e. The Labute approximate surface area is 124 Å². The second kappa shape index (κ2) is 7.99. The van der Waals surface area contributed by atoms with Crippen molar-refractivity contribution in [3.8, 4) is 0 Å². The lowest BCUT2D eigenvalue weighted by Gasteiger charge is -2.31. The van der Waals surface area contributed by atoms with Crippen LogP contribution in [0.1, 0.15) is 52.9 Å². The highest BCUT2D eigenvalue weighted by Gasteiger charge is 2.46. The molecule has 0 spiro atoms. The van der Waals surface area contributed by atoms with Gasteiger partial charge in [0.25, 0.3) is 0 Å². The van der Waals surface area contributed by atoms with Gasteiger partial charge >= 0.3 is 5.97 Å². The van der Waals surface area contributed by atoms with Crippen molar-refractivity contribution in [2.75, 3.05) is 27.2 Å². The average molecular weight is 284 g/mol. The van der Waals surface area contributed by atoms with Crippen LogP contribution in [0, 0.1) is 5.92 Å². The van der Waals surface area contributed by atoms with Gasteiger partial charge in [-0.15, -0.1) is 0 Å². The van der Waals surface area contributed by atoms with Crippen molar-refractivity contribution < 1.29 is 9.53 Å². The first-order valence-corrected chi connectivity index (χ1v) is 8.02. The summed E-state index contributed by atoms with van der Waals surface area (Å²) in [6.07, 6.45) is 5.06. The van der Waals surface area contributed by atoms with Crippen LogP contribution in [0.4, 0.5) is 0 Å². The molecular formula is C16H32N2O2. The molecule has 0 aromatic rings. The van der Waals surface area contributed by atoms with Gasteiger partial charge in [-0.2, -0.15) is 0 Å². The van der Waals surface area contributed by atoms with Gasteiger partial charge in [0.15, 0.2) is 0 Å². The molecule has 4 heteroatoms. The third kappa shape index (κ3) is 4.19. The molecule has 0 aliphatic heterocycles. The van der Waals surface area contributed by atoms with Gasteiger partial charge in [-0.3, -0.25) is 4.79 Å². The smallest absolute Gasteiger partial charge is 0.326 e. The first-order chi connectivity index (χ1) is 9.49. The van der Waals surface area contributed by atoms with Crippen molar-refractivity contribution in [2.24, 2.45) is 5.92 Å². The minimum atomic E-state index is -0.459. The Morgan fingerprint density at radius 3 is 2.75 bits per heavy atom. The molecule has 1 saturated carbocycles. The fourth-order valence-corrected chi connectivity index (χ4v) is 3.14. The number of hydrogen-bond donors (Lipinski definition) is 1. The van der Waals surface area contributed by atoms with Crippen LogP contribution in [0.15, 0.2) is 0 Å². The molecule has 1 fully saturated rings. The largest absolute Gasteiger partial charge is 0.468 e. The van der Waals surface area contributed by atoms with Crippen LogP contribution >= 0.6 is 0 Å². The molecule has 3 unspecified atom stereocenters. The number of hydrogen-bond acceptors (Lipinski definition) is 4. The summed E-state index contributed by atoms with van der Waals surface area (Å²) < 4.78 is 5.04. The predicted molar refractivity (Wildman–Crippen MR) is 82.8 cm³/mol. The third-order valence-corrected chi connectivity index (χ3v) is 4.70. The summed E-state index contributed by atoms with van der Waals surface area (Å²) in [4.78, 5) is 14.6. The Hall–Kier alpha value is -0.610. The number of nitrogens with one attached hydrogen (secondary N) is 1. The van der Waals surface area contributed by atoms with Crippen LogP contribution in [-0.2, 0) is 9.53 Å². The van der Waals surface area contributed by atoms with E-state index in [4.69, 9.17) is 4.74 Å². The molecule has 1 N–H and O–H groups in total. The highest BCUT2D eigenvalue weighted by molar-refractivity contribution is 5.81. The van der Waals surface area contributed by atoms with E-state index in [0.29, 0.717) is 12.0 Å². The van der Waals surface area contributed by atoms with Crippen molar-refractivity contribution in [1.82, 2.24) is 10.2 Å². The van der Waals surface area contributed by atoms with Crippen LogP contribution in [0.5, 0.6) is 0 Å². The molecule has 20 heavy (non-hydrogen) atoms. The van der Waals surface area contributed by atoms with Crippen molar-refractivity contribution >= 4 is 5.97 Å². The number of carbonyl (C=O) groups excluding carboxylic acids is 1. The maximum absolute atomic E-state index is 12.2. The van der Waals surface area contributed by atoms with Gasteiger partial charge in [-0.05, 0) is 45.2 Å². The second-order valence-corrected chi connectivity index (χ2v) is 6.35. The molecule has 0 radical (unpaired) electrons. The predicted octanol–water partition coefficient (Wildman–Crippen LogP) is 2.43. The van der Waals surface area contributed by atoms with Crippen molar-refractivity contribution in [3.05, 3.63) is 0 Å². The van der Waals surface area contributed by atoms with E-state index in [2.05, 4.69) is 38.0 Å². The summed E-state index contributed by atoms with van der Waals surface area (Å²) >= 11 is 0. The number of ether oxygens (including phenoxy) is 1. The SMILES string of the molecule is CCCNC1(C(=O)OC)CCC(N(C)CC(C)CC)C1. The van der Waals surface area contributed by atoms with Crippen LogP contribution in [0.25, 0.3) is 0 Å². The summed E-state index contributed by atoms with van der Waals surface area (Å²) in [5.41, 5.74) is -0.459. The van der Waals surface area contributed by atoms with Crippen molar-refractivity contribution in [3.63, 3.8) is 0 Å². The Kier molecular flexibility index (Phi) is 6.96. The number of nitrogens with zero attached hydrogens (tertiary/aromatic N) is 1. The van der Waals surface area contributed by atoms with Gasteiger partial charge in [0, 0.05) is 12.6 Å². The zero-order chi connectivity index (χ0) is 15.2. The van der Waals surface area contributed by atoms with Crippen LogP contribution < -0.4 is 5.32 Å². The van der Waals surface area contributed by atoms with E-state index < -0.39 is 5.54 Å². The highest BCUT2D eigenvalue weighted by atomic mass is 16.5. The molecule has 1 aliphatic rings. The number of carbonyl (C=O) groups is 1. The van der Waals surface area contributed by atoms with Crippen LogP contribution in [-0.4, -0.2) is 49.7 Å².